The van der Waals surface area contributed by atoms with Gasteiger partial charge >= 0.3 is 0 Å². The summed E-state index contributed by atoms with van der Waals surface area (Å²) >= 11 is 4.87. The first-order chi connectivity index (χ1) is 7.99. The molecule has 0 aliphatic carbocycles. The maximum absolute atomic E-state index is 12.4. The molecule has 1 heterocycles. The van der Waals surface area contributed by atoms with Crippen molar-refractivity contribution in [2.24, 2.45) is 0 Å². The average molecular weight is 309 g/mol. The van der Waals surface area contributed by atoms with Crippen LogP contribution in [-0.4, -0.2) is 5.78 Å². The molecular weight excluding hydrogens is 296 g/mol. The maximum atomic E-state index is 12.4. The van der Waals surface area contributed by atoms with E-state index in [9.17, 15) is 4.79 Å². The molecule has 17 heavy (non-hydrogen) atoms. The van der Waals surface area contributed by atoms with Gasteiger partial charge < -0.3 is 0 Å². The van der Waals surface area contributed by atoms with Crippen molar-refractivity contribution in [2.45, 2.75) is 20.8 Å². The van der Waals surface area contributed by atoms with Crippen molar-refractivity contribution >= 4 is 33.0 Å². The Bertz CT molecular complexity index is 561. The lowest BCUT2D eigenvalue weighted by atomic mass is 9.96. The fraction of sp³-hybridized carbons (Fsp3) is 0.214. The highest BCUT2D eigenvalue weighted by atomic mass is 79.9. The third-order valence-electron chi connectivity index (χ3n) is 2.70. The Labute approximate surface area is 114 Å². The highest BCUT2D eigenvalue weighted by Gasteiger charge is 2.16. The Kier molecular flexibility index (Phi) is 3.50. The molecule has 0 aliphatic heterocycles. The lowest BCUT2D eigenvalue weighted by Gasteiger charge is -2.09. The van der Waals surface area contributed by atoms with Crippen LogP contribution in [0.3, 0.4) is 0 Å². The van der Waals surface area contributed by atoms with E-state index in [1.54, 1.807) is 0 Å². The molecule has 0 saturated carbocycles. The number of carbonyl (C=O) groups is 1. The Morgan fingerprint density at radius 2 is 1.71 bits per heavy atom. The Morgan fingerprint density at radius 3 is 2.18 bits per heavy atom. The minimum absolute atomic E-state index is 0.121. The van der Waals surface area contributed by atoms with Crippen molar-refractivity contribution in [1.82, 2.24) is 0 Å². The van der Waals surface area contributed by atoms with Crippen molar-refractivity contribution in [2.75, 3.05) is 0 Å². The number of thiophene rings is 1. The van der Waals surface area contributed by atoms with E-state index < -0.39 is 0 Å². The molecule has 0 spiro atoms. The topological polar surface area (TPSA) is 17.1 Å². The van der Waals surface area contributed by atoms with E-state index in [2.05, 4.69) is 35.0 Å². The maximum Gasteiger partial charge on any atom is 0.203 e. The van der Waals surface area contributed by atoms with Gasteiger partial charge in [0.2, 0.25) is 5.78 Å². The first-order valence-corrected chi connectivity index (χ1v) is 6.98. The molecular formula is C14H13BrOS. The van der Waals surface area contributed by atoms with E-state index in [-0.39, 0.29) is 5.78 Å². The zero-order valence-electron chi connectivity index (χ0n) is 10.0. The van der Waals surface area contributed by atoms with Crippen molar-refractivity contribution in [3.63, 3.8) is 0 Å². The van der Waals surface area contributed by atoms with E-state index in [0.29, 0.717) is 0 Å². The number of hydrogen-bond acceptors (Lipinski definition) is 2. The van der Waals surface area contributed by atoms with Gasteiger partial charge in [0.05, 0.1) is 8.66 Å². The van der Waals surface area contributed by atoms with Gasteiger partial charge in [-0.3, -0.25) is 4.79 Å². The molecule has 1 aromatic carbocycles. The molecule has 3 heteroatoms. The predicted molar refractivity (Wildman–Crippen MR) is 76.1 cm³/mol. The summed E-state index contributed by atoms with van der Waals surface area (Å²) in [7, 11) is 0. The van der Waals surface area contributed by atoms with Crippen LogP contribution in [0.1, 0.15) is 31.9 Å². The van der Waals surface area contributed by atoms with Crippen molar-refractivity contribution < 1.29 is 4.79 Å². The van der Waals surface area contributed by atoms with Crippen LogP contribution in [-0.2, 0) is 0 Å². The van der Waals surface area contributed by atoms with Crippen LogP contribution in [0.2, 0.25) is 0 Å². The zero-order valence-corrected chi connectivity index (χ0v) is 12.4. The molecule has 0 atom stereocenters. The van der Waals surface area contributed by atoms with Gasteiger partial charge in [-0.15, -0.1) is 11.3 Å². The van der Waals surface area contributed by atoms with E-state index >= 15 is 0 Å². The van der Waals surface area contributed by atoms with Gasteiger partial charge in [-0.2, -0.15) is 0 Å². The van der Waals surface area contributed by atoms with Crippen LogP contribution in [0.25, 0.3) is 0 Å². The molecule has 0 unspecified atom stereocenters. The number of hydrogen-bond donors (Lipinski definition) is 0. The second-order valence-electron chi connectivity index (χ2n) is 4.21. The zero-order chi connectivity index (χ0) is 12.6. The summed E-state index contributed by atoms with van der Waals surface area (Å²) in [6, 6.07) is 7.90. The quantitative estimate of drug-likeness (QED) is 0.737. The van der Waals surface area contributed by atoms with Crippen LogP contribution in [0.5, 0.6) is 0 Å². The molecule has 2 aromatic rings. The molecule has 1 aromatic heterocycles. The average Bonchev–Trinajstić information content (AvgIpc) is 2.63. The lowest BCUT2D eigenvalue weighted by Crippen LogP contribution is -2.04. The van der Waals surface area contributed by atoms with E-state index in [1.165, 1.54) is 16.9 Å². The van der Waals surface area contributed by atoms with Crippen molar-refractivity contribution in [3.8, 4) is 0 Å². The molecule has 0 aliphatic rings. The third kappa shape index (κ3) is 2.50. The molecule has 2 rings (SSSR count). The third-order valence-corrected chi connectivity index (χ3v) is 4.32. The largest absolute Gasteiger partial charge is 0.288 e. The Balaban J connectivity index is 2.51. The van der Waals surface area contributed by atoms with E-state index in [4.69, 9.17) is 0 Å². The summed E-state index contributed by atoms with van der Waals surface area (Å²) in [5.74, 6) is 0.121. The molecule has 0 bridgehead atoms. The van der Waals surface area contributed by atoms with Crippen LogP contribution < -0.4 is 0 Å². The normalized spacial score (nSPS) is 10.6. The molecule has 0 fully saturated rings. The summed E-state index contributed by atoms with van der Waals surface area (Å²) in [6.45, 7) is 6.04. The van der Waals surface area contributed by atoms with Crippen LogP contribution in [0.4, 0.5) is 0 Å². The standard InChI is InChI=1S/C14H13BrOS/c1-8-6-9(2)13(10(3)7-8)14(16)11-4-5-12(15)17-11/h4-7H,1-3H3. The van der Waals surface area contributed by atoms with Gasteiger partial charge in [0.25, 0.3) is 0 Å². The van der Waals surface area contributed by atoms with Crippen molar-refractivity contribution in [3.05, 3.63) is 55.2 Å². The predicted octanol–water partition coefficient (Wildman–Crippen LogP) is 4.67. The van der Waals surface area contributed by atoms with Gasteiger partial charge in [-0.05, 0) is 60.0 Å². The van der Waals surface area contributed by atoms with Gasteiger partial charge in [-0.1, -0.05) is 17.7 Å². The molecule has 0 radical (unpaired) electrons. The van der Waals surface area contributed by atoms with Gasteiger partial charge in [0.15, 0.2) is 0 Å². The minimum Gasteiger partial charge on any atom is -0.288 e. The fourth-order valence-electron chi connectivity index (χ4n) is 2.10. The summed E-state index contributed by atoms with van der Waals surface area (Å²) in [4.78, 5) is 13.2. The number of aryl methyl sites for hydroxylation is 3. The van der Waals surface area contributed by atoms with Gasteiger partial charge in [-0.25, -0.2) is 0 Å². The highest BCUT2D eigenvalue weighted by molar-refractivity contribution is 9.11. The van der Waals surface area contributed by atoms with Crippen LogP contribution in [0, 0.1) is 20.8 Å². The van der Waals surface area contributed by atoms with Crippen molar-refractivity contribution in [1.29, 1.82) is 0 Å². The smallest absolute Gasteiger partial charge is 0.203 e. The summed E-state index contributed by atoms with van der Waals surface area (Å²) in [5.41, 5.74) is 4.14. The second-order valence-corrected chi connectivity index (χ2v) is 6.67. The van der Waals surface area contributed by atoms with Gasteiger partial charge in [0.1, 0.15) is 0 Å². The number of halogens is 1. The van der Waals surface area contributed by atoms with Crippen LogP contribution in [0.15, 0.2) is 28.1 Å². The number of carbonyl (C=O) groups excluding carboxylic acids is 1. The van der Waals surface area contributed by atoms with E-state index in [1.807, 2.05) is 26.0 Å². The summed E-state index contributed by atoms with van der Waals surface area (Å²) in [6.07, 6.45) is 0. The SMILES string of the molecule is Cc1cc(C)c(C(=O)c2ccc(Br)s2)c(C)c1. The van der Waals surface area contributed by atoms with E-state index in [0.717, 1.165) is 25.4 Å². The first-order valence-electron chi connectivity index (χ1n) is 5.37. The Hall–Kier alpha value is -0.930. The minimum atomic E-state index is 0.121. The number of ketones is 1. The number of benzene rings is 1. The second kappa shape index (κ2) is 4.75. The lowest BCUT2D eigenvalue weighted by molar-refractivity contribution is 0.104. The Morgan fingerprint density at radius 1 is 1.12 bits per heavy atom. The molecule has 0 amide bonds. The summed E-state index contributed by atoms with van der Waals surface area (Å²) in [5, 5.41) is 0. The first kappa shape index (κ1) is 12.5. The highest BCUT2D eigenvalue weighted by Crippen LogP contribution is 2.27. The molecule has 0 saturated heterocycles. The molecule has 88 valence electrons. The fourth-order valence-corrected chi connectivity index (χ4v) is 3.43. The molecule has 0 N–H and O–H groups in total. The molecule has 1 nitrogen and oxygen atoms in total. The number of rotatable bonds is 2. The van der Waals surface area contributed by atoms with Crippen LogP contribution >= 0.6 is 27.3 Å². The van der Waals surface area contributed by atoms with Gasteiger partial charge in [0, 0.05) is 5.56 Å². The summed E-state index contributed by atoms with van der Waals surface area (Å²) < 4.78 is 0.989. The monoisotopic (exact) mass is 308 g/mol.